The summed E-state index contributed by atoms with van der Waals surface area (Å²) >= 11 is 5.18. The smallest absolute Gasteiger partial charge is 0.239 e. The molecular weight excluding hydrogens is 286 g/mol. The first-order valence-corrected chi connectivity index (χ1v) is 8.13. The highest BCUT2D eigenvalue weighted by Crippen LogP contribution is 2.32. The molecule has 0 saturated heterocycles. The predicted molar refractivity (Wildman–Crippen MR) is 87.8 cm³/mol. The average Bonchev–Trinajstić information content (AvgIpc) is 3.20. The molecule has 120 valence electrons. The van der Waals surface area contributed by atoms with E-state index in [1.165, 1.54) is 4.90 Å². The number of carbonyl (C=O) groups excluding carboxylic acids is 2. The van der Waals surface area contributed by atoms with Gasteiger partial charge in [0.15, 0.2) is 0 Å². The Hall–Kier alpha value is -1.17. The zero-order chi connectivity index (χ0) is 16.0. The average molecular weight is 313 g/mol. The summed E-state index contributed by atoms with van der Waals surface area (Å²) in [6, 6.07) is 0.299. The zero-order valence-electron chi connectivity index (χ0n) is 13.3. The predicted octanol–water partition coefficient (Wildman–Crippen LogP) is 1.60. The van der Waals surface area contributed by atoms with Crippen LogP contribution in [0, 0.1) is 5.41 Å². The van der Waals surface area contributed by atoms with Gasteiger partial charge in [0.2, 0.25) is 11.8 Å². The zero-order valence-corrected chi connectivity index (χ0v) is 14.1. The van der Waals surface area contributed by atoms with Gasteiger partial charge in [-0.2, -0.15) is 0 Å². The molecule has 0 bridgehead atoms. The SMILES string of the molecule is CCCC(CCC)(C(=O)N(C)CC(=O)NC1CC1)C(N)=S. The van der Waals surface area contributed by atoms with Crippen LogP contribution in [0.15, 0.2) is 0 Å². The van der Waals surface area contributed by atoms with Gasteiger partial charge in [-0.1, -0.05) is 38.9 Å². The number of hydrogen-bond acceptors (Lipinski definition) is 3. The van der Waals surface area contributed by atoms with Crippen molar-refractivity contribution in [3.8, 4) is 0 Å². The van der Waals surface area contributed by atoms with Gasteiger partial charge < -0.3 is 16.0 Å². The summed E-state index contributed by atoms with van der Waals surface area (Å²) in [6.45, 7) is 4.08. The lowest BCUT2D eigenvalue weighted by molar-refractivity contribution is -0.141. The Morgan fingerprint density at radius 3 is 2.19 bits per heavy atom. The number of nitrogens with zero attached hydrogens (tertiary/aromatic N) is 1. The van der Waals surface area contributed by atoms with Crippen molar-refractivity contribution in [1.82, 2.24) is 10.2 Å². The van der Waals surface area contributed by atoms with Gasteiger partial charge >= 0.3 is 0 Å². The molecule has 0 aliphatic heterocycles. The van der Waals surface area contributed by atoms with E-state index in [0.717, 1.165) is 25.7 Å². The number of hydrogen-bond donors (Lipinski definition) is 2. The third kappa shape index (κ3) is 4.66. The molecule has 0 aromatic carbocycles. The van der Waals surface area contributed by atoms with Crippen LogP contribution in [0.1, 0.15) is 52.4 Å². The van der Waals surface area contributed by atoms with Crippen molar-refractivity contribution in [2.45, 2.75) is 58.4 Å². The summed E-state index contributed by atoms with van der Waals surface area (Å²) in [5.41, 5.74) is 5.08. The molecule has 21 heavy (non-hydrogen) atoms. The molecule has 5 nitrogen and oxygen atoms in total. The van der Waals surface area contributed by atoms with E-state index in [0.29, 0.717) is 18.9 Å². The molecule has 1 saturated carbocycles. The molecule has 2 amide bonds. The largest absolute Gasteiger partial charge is 0.392 e. The van der Waals surface area contributed by atoms with E-state index < -0.39 is 5.41 Å². The minimum atomic E-state index is -0.812. The quantitative estimate of drug-likeness (QED) is 0.634. The number of carbonyl (C=O) groups is 2. The molecule has 1 aliphatic carbocycles. The van der Waals surface area contributed by atoms with E-state index in [9.17, 15) is 9.59 Å². The summed E-state index contributed by atoms with van der Waals surface area (Å²) in [5.74, 6) is -0.247. The minimum Gasteiger partial charge on any atom is -0.392 e. The van der Waals surface area contributed by atoms with E-state index in [4.69, 9.17) is 18.0 Å². The molecule has 0 unspecified atom stereocenters. The highest BCUT2D eigenvalue weighted by molar-refractivity contribution is 7.80. The van der Waals surface area contributed by atoms with Crippen molar-refractivity contribution in [2.24, 2.45) is 11.1 Å². The Morgan fingerprint density at radius 2 is 1.81 bits per heavy atom. The Balaban J connectivity index is 2.76. The molecular formula is C15H27N3O2S. The lowest BCUT2D eigenvalue weighted by atomic mass is 9.77. The van der Waals surface area contributed by atoms with Crippen molar-refractivity contribution in [1.29, 1.82) is 0 Å². The summed E-state index contributed by atoms with van der Waals surface area (Å²) in [6.07, 6.45) is 4.97. The molecule has 3 N–H and O–H groups in total. The van der Waals surface area contributed by atoms with E-state index in [1.54, 1.807) is 7.05 Å². The second-order valence-electron chi connectivity index (χ2n) is 5.95. The summed E-state index contributed by atoms with van der Waals surface area (Å²) < 4.78 is 0. The Bertz CT molecular complexity index is 402. The molecule has 0 spiro atoms. The van der Waals surface area contributed by atoms with E-state index in [1.807, 2.05) is 13.8 Å². The van der Waals surface area contributed by atoms with Crippen molar-refractivity contribution >= 4 is 29.0 Å². The number of rotatable bonds is 9. The lowest BCUT2D eigenvalue weighted by Gasteiger charge is -2.34. The Morgan fingerprint density at radius 1 is 1.29 bits per heavy atom. The molecule has 1 aliphatic rings. The molecule has 0 aromatic rings. The normalized spacial score (nSPS) is 14.6. The van der Waals surface area contributed by atoms with Crippen molar-refractivity contribution in [3.63, 3.8) is 0 Å². The number of amides is 2. The van der Waals surface area contributed by atoms with E-state index in [-0.39, 0.29) is 23.3 Å². The molecule has 1 rings (SSSR count). The third-order valence-corrected chi connectivity index (χ3v) is 4.30. The van der Waals surface area contributed by atoms with Gasteiger partial charge in [-0.15, -0.1) is 0 Å². The highest BCUT2D eigenvalue weighted by Gasteiger charge is 2.42. The Labute approximate surface area is 132 Å². The second kappa shape index (κ2) is 7.73. The molecule has 6 heteroatoms. The number of nitrogens with two attached hydrogens (primary N) is 1. The van der Waals surface area contributed by atoms with Crippen molar-refractivity contribution in [2.75, 3.05) is 13.6 Å². The summed E-state index contributed by atoms with van der Waals surface area (Å²) in [5, 5.41) is 2.89. The van der Waals surface area contributed by atoms with Gasteiger partial charge in [0.1, 0.15) is 0 Å². The van der Waals surface area contributed by atoms with Crippen LogP contribution in [0.3, 0.4) is 0 Å². The molecule has 0 atom stereocenters. The van der Waals surface area contributed by atoms with Crippen LogP contribution < -0.4 is 11.1 Å². The standard InChI is InChI=1S/C15H27N3O2S/c1-4-8-15(9-5-2,13(16)21)14(20)18(3)10-12(19)17-11-6-7-11/h11H,4-10H2,1-3H3,(H2,16,21)(H,17,19). The molecule has 0 radical (unpaired) electrons. The van der Waals surface area contributed by atoms with Gasteiger partial charge in [0, 0.05) is 13.1 Å². The minimum absolute atomic E-state index is 0.0626. The van der Waals surface area contributed by atoms with Crippen LogP contribution in [0.2, 0.25) is 0 Å². The molecule has 0 aromatic heterocycles. The van der Waals surface area contributed by atoms with Gasteiger partial charge in [-0.3, -0.25) is 9.59 Å². The highest BCUT2D eigenvalue weighted by atomic mass is 32.1. The summed E-state index contributed by atoms with van der Waals surface area (Å²) in [7, 11) is 1.65. The maximum Gasteiger partial charge on any atom is 0.239 e. The fraction of sp³-hybridized carbons (Fsp3) is 0.800. The van der Waals surface area contributed by atoms with Crippen molar-refractivity contribution in [3.05, 3.63) is 0 Å². The first-order valence-electron chi connectivity index (χ1n) is 7.72. The van der Waals surface area contributed by atoms with Crippen LogP contribution in [-0.4, -0.2) is 41.3 Å². The van der Waals surface area contributed by atoms with Gasteiger partial charge in [-0.05, 0) is 25.7 Å². The van der Waals surface area contributed by atoms with Crippen molar-refractivity contribution < 1.29 is 9.59 Å². The lowest BCUT2D eigenvalue weighted by Crippen LogP contribution is -2.51. The second-order valence-corrected chi connectivity index (χ2v) is 6.39. The first-order chi connectivity index (χ1) is 9.87. The van der Waals surface area contributed by atoms with Crippen LogP contribution >= 0.6 is 12.2 Å². The number of nitrogens with one attached hydrogen (secondary N) is 1. The molecule has 0 heterocycles. The van der Waals surface area contributed by atoms with Crippen LogP contribution in [-0.2, 0) is 9.59 Å². The molecule has 1 fully saturated rings. The fourth-order valence-electron chi connectivity index (χ4n) is 2.70. The number of likely N-dealkylation sites (N-methyl/N-ethyl adjacent to an activating group) is 1. The Kier molecular flexibility index (Phi) is 6.58. The topological polar surface area (TPSA) is 75.4 Å². The van der Waals surface area contributed by atoms with Gasteiger partial charge in [-0.25, -0.2) is 0 Å². The maximum absolute atomic E-state index is 12.8. The van der Waals surface area contributed by atoms with Crippen LogP contribution in [0.5, 0.6) is 0 Å². The summed E-state index contributed by atoms with van der Waals surface area (Å²) in [4.78, 5) is 26.4. The number of thiocarbonyl (C=S) groups is 1. The van der Waals surface area contributed by atoms with E-state index >= 15 is 0 Å². The van der Waals surface area contributed by atoms with Crippen LogP contribution in [0.25, 0.3) is 0 Å². The first kappa shape index (κ1) is 17.9. The third-order valence-electron chi connectivity index (χ3n) is 3.90. The van der Waals surface area contributed by atoms with Gasteiger partial charge in [0.25, 0.3) is 0 Å². The van der Waals surface area contributed by atoms with Crippen LogP contribution in [0.4, 0.5) is 0 Å². The fourth-order valence-corrected chi connectivity index (χ4v) is 2.99. The monoisotopic (exact) mass is 313 g/mol. The van der Waals surface area contributed by atoms with Gasteiger partial charge in [0.05, 0.1) is 16.9 Å². The maximum atomic E-state index is 12.8. The van der Waals surface area contributed by atoms with E-state index in [2.05, 4.69) is 5.32 Å².